The average molecular weight is 425 g/mol. The lowest BCUT2D eigenvalue weighted by Gasteiger charge is -2.35. The quantitative estimate of drug-likeness (QED) is 0.652. The molecule has 2 aliphatic rings. The van der Waals surface area contributed by atoms with Gasteiger partial charge in [0.05, 0.1) is 6.10 Å². The SMILES string of the molecule is CC(=O)N1CCC(NC2CC(O)C(CO)C2Cc2ccnc(-c3ccccc3)n2)CC1. The fraction of sp³-hybridized carbons (Fsp3) is 0.542. The van der Waals surface area contributed by atoms with Crippen LogP contribution >= 0.6 is 0 Å². The molecule has 0 bridgehead atoms. The van der Waals surface area contributed by atoms with E-state index in [0.29, 0.717) is 24.7 Å². The molecule has 1 aromatic heterocycles. The van der Waals surface area contributed by atoms with Crippen LogP contribution in [0.25, 0.3) is 11.4 Å². The predicted octanol–water partition coefficient (Wildman–Crippen LogP) is 1.64. The van der Waals surface area contributed by atoms with E-state index in [-0.39, 0.29) is 30.4 Å². The van der Waals surface area contributed by atoms with E-state index in [1.54, 1.807) is 13.1 Å². The fourth-order valence-electron chi connectivity index (χ4n) is 5.08. The number of aliphatic hydroxyl groups excluding tert-OH is 2. The highest BCUT2D eigenvalue weighted by molar-refractivity contribution is 5.73. The minimum atomic E-state index is -0.528. The predicted molar refractivity (Wildman–Crippen MR) is 118 cm³/mol. The van der Waals surface area contributed by atoms with Crippen molar-refractivity contribution in [3.8, 4) is 11.4 Å². The minimum Gasteiger partial charge on any atom is -0.396 e. The van der Waals surface area contributed by atoms with Crippen molar-refractivity contribution in [3.05, 3.63) is 48.3 Å². The highest BCUT2D eigenvalue weighted by Crippen LogP contribution is 2.35. The maximum Gasteiger partial charge on any atom is 0.219 e. The van der Waals surface area contributed by atoms with Crippen LogP contribution in [0.5, 0.6) is 0 Å². The van der Waals surface area contributed by atoms with Crippen LogP contribution in [0.2, 0.25) is 0 Å². The number of nitrogens with zero attached hydrogens (tertiary/aromatic N) is 3. The van der Waals surface area contributed by atoms with Crippen LogP contribution in [0.3, 0.4) is 0 Å². The van der Waals surface area contributed by atoms with Crippen LogP contribution in [0.1, 0.15) is 31.9 Å². The standard InChI is InChI=1S/C24H32N4O3/c1-16(30)28-11-8-18(9-12-28)26-22-14-23(31)21(15-29)20(22)13-19-7-10-25-24(27-19)17-5-3-2-4-6-17/h2-7,10,18,20-23,26,29,31H,8-9,11-15H2,1H3. The number of amides is 1. The van der Waals surface area contributed by atoms with Crippen molar-refractivity contribution < 1.29 is 15.0 Å². The van der Waals surface area contributed by atoms with Crippen molar-refractivity contribution in [2.45, 2.75) is 50.8 Å². The van der Waals surface area contributed by atoms with Gasteiger partial charge < -0.3 is 20.4 Å². The zero-order chi connectivity index (χ0) is 21.8. The van der Waals surface area contributed by atoms with Gasteiger partial charge in [-0.05, 0) is 37.7 Å². The number of aliphatic hydroxyl groups is 2. The maximum absolute atomic E-state index is 11.6. The molecule has 1 aliphatic heterocycles. The number of rotatable bonds is 6. The van der Waals surface area contributed by atoms with Gasteiger partial charge in [0.2, 0.25) is 5.91 Å². The Morgan fingerprint density at radius 2 is 1.90 bits per heavy atom. The second-order valence-electron chi connectivity index (χ2n) is 8.81. The molecule has 2 fully saturated rings. The summed E-state index contributed by atoms with van der Waals surface area (Å²) in [5.74, 6) is 0.735. The summed E-state index contributed by atoms with van der Waals surface area (Å²) < 4.78 is 0. The van der Waals surface area contributed by atoms with Gasteiger partial charge in [-0.2, -0.15) is 0 Å². The Bertz CT molecular complexity index is 870. The minimum absolute atomic E-state index is 0.0383. The lowest BCUT2D eigenvalue weighted by molar-refractivity contribution is -0.129. The largest absolute Gasteiger partial charge is 0.396 e. The van der Waals surface area contributed by atoms with Crippen molar-refractivity contribution in [3.63, 3.8) is 0 Å². The lowest BCUT2D eigenvalue weighted by Crippen LogP contribution is -2.49. The first-order valence-electron chi connectivity index (χ1n) is 11.2. The molecular weight excluding hydrogens is 392 g/mol. The number of likely N-dealkylation sites (tertiary alicyclic amines) is 1. The third-order valence-electron chi connectivity index (χ3n) is 6.85. The van der Waals surface area contributed by atoms with Crippen molar-refractivity contribution in [1.82, 2.24) is 20.2 Å². The Balaban J connectivity index is 1.46. The van der Waals surface area contributed by atoms with E-state index < -0.39 is 6.10 Å². The number of aromatic nitrogens is 2. The van der Waals surface area contributed by atoms with E-state index in [0.717, 1.165) is 37.2 Å². The van der Waals surface area contributed by atoms with Gasteiger partial charge in [-0.3, -0.25) is 4.79 Å². The normalized spacial score (nSPS) is 26.9. The number of piperidine rings is 1. The Kier molecular flexibility index (Phi) is 6.95. The van der Waals surface area contributed by atoms with Crippen LogP contribution in [-0.4, -0.2) is 68.9 Å². The number of nitrogens with one attached hydrogen (secondary N) is 1. The third-order valence-corrected chi connectivity index (χ3v) is 6.85. The summed E-state index contributed by atoms with van der Waals surface area (Å²) in [6.07, 6.45) is 4.38. The highest BCUT2D eigenvalue weighted by Gasteiger charge is 2.43. The number of benzene rings is 1. The molecule has 1 saturated carbocycles. The van der Waals surface area contributed by atoms with Gasteiger partial charge in [-0.15, -0.1) is 0 Å². The number of carbonyl (C=O) groups excluding carboxylic acids is 1. The topological polar surface area (TPSA) is 98.6 Å². The maximum atomic E-state index is 11.6. The van der Waals surface area contributed by atoms with Gasteiger partial charge in [-0.25, -0.2) is 9.97 Å². The first-order valence-corrected chi connectivity index (χ1v) is 11.2. The van der Waals surface area contributed by atoms with Gasteiger partial charge in [-0.1, -0.05) is 30.3 Å². The van der Waals surface area contributed by atoms with Crippen LogP contribution in [0.15, 0.2) is 42.6 Å². The van der Waals surface area contributed by atoms with Gasteiger partial charge in [0.15, 0.2) is 5.82 Å². The second-order valence-corrected chi connectivity index (χ2v) is 8.81. The molecule has 7 nitrogen and oxygen atoms in total. The van der Waals surface area contributed by atoms with Crippen molar-refractivity contribution in [1.29, 1.82) is 0 Å². The molecule has 166 valence electrons. The summed E-state index contributed by atoms with van der Waals surface area (Å²) in [5, 5.41) is 24.3. The average Bonchev–Trinajstić information content (AvgIpc) is 3.08. The number of carbonyl (C=O) groups is 1. The summed E-state index contributed by atoms with van der Waals surface area (Å²) in [6.45, 7) is 3.11. The molecule has 3 N–H and O–H groups in total. The third kappa shape index (κ3) is 5.11. The van der Waals surface area contributed by atoms with E-state index in [2.05, 4.69) is 10.3 Å². The molecule has 0 radical (unpaired) electrons. The van der Waals surface area contributed by atoms with Crippen LogP contribution in [0, 0.1) is 11.8 Å². The summed E-state index contributed by atoms with van der Waals surface area (Å²) in [6, 6.07) is 12.2. The molecule has 1 saturated heterocycles. The number of hydrogen-bond acceptors (Lipinski definition) is 6. The summed E-state index contributed by atoms with van der Waals surface area (Å²) >= 11 is 0. The summed E-state index contributed by atoms with van der Waals surface area (Å²) in [4.78, 5) is 22.7. The Hall–Kier alpha value is -2.35. The first-order chi connectivity index (χ1) is 15.0. The van der Waals surface area contributed by atoms with Crippen LogP contribution in [-0.2, 0) is 11.2 Å². The summed E-state index contributed by atoms with van der Waals surface area (Å²) in [7, 11) is 0. The molecule has 4 rings (SSSR count). The first kappa shape index (κ1) is 21.9. The Labute approximate surface area is 183 Å². The molecular formula is C24H32N4O3. The molecule has 7 heteroatoms. The lowest BCUT2D eigenvalue weighted by atomic mass is 9.88. The molecule has 2 heterocycles. The number of hydrogen-bond donors (Lipinski definition) is 3. The smallest absolute Gasteiger partial charge is 0.219 e. The van der Waals surface area contributed by atoms with Gasteiger partial charge in [0.1, 0.15) is 0 Å². The Morgan fingerprint density at radius 1 is 1.16 bits per heavy atom. The van der Waals surface area contributed by atoms with Gasteiger partial charge in [0.25, 0.3) is 0 Å². The Morgan fingerprint density at radius 3 is 2.58 bits per heavy atom. The van der Waals surface area contributed by atoms with E-state index in [4.69, 9.17) is 4.98 Å². The summed E-state index contributed by atoms with van der Waals surface area (Å²) in [5.41, 5.74) is 1.89. The van der Waals surface area contributed by atoms with E-state index in [1.807, 2.05) is 41.3 Å². The molecule has 1 aromatic carbocycles. The van der Waals surface area contributed by atoms with Crippen LogP contribution in [0.4, 0.5) is 0 Å². The van der Waals surface area contributed by atoms with E-state index in [9.17, 15) is 15.0 Å². The van der Waals surface area contributed by atoms with E-state index in [1.165, 1.54) is 0 Å². The van der Waals surface area contributed by atoms with Crippen molar-refractivity contribution in [2.24, 2.45) is 11.8 Å². The molecule has 1 aliphatic carbocycles. The molecule has 1 amide bonds. The molecule has 4 atom stereocenters. The van der Waals surface area contributed by atoms with Crippen molar-refractivity contribution >= 4 is 5.91 Å². The fourth-order valence-corrected chi connectivity index (χ4v) is 5.08. The zero-order valence-electron chi connectivity index (χ0n) is 18.0. The second kappa shape index (κ2) is 9.85. The highest BCUT2D eigenvalue weighted by atomic mass is 16.3. The van der Waals surface area contributed by atoms with Crippen molar-refractivity contribution in [2.75, 3.05) is 19.7 Å². The molecule has 2 aromatic rings. The van der Waals surface area contributed by atoms with E-state index >= 15 is 0 Å². The zero-order valence-corrected chi connectivity index (χ0v) is 18.0. The van der Waals surface area contributed by atoms with Gasteiger partial charge >= 0.3 is 0 Å². The monoisotopic (exact) mass is 424 g/mol. The molecule has 0 spiro atoms. The van der Waals surface area contributed by atoms with Crippen LogP contribution < -0.4 is 5.32 Å². The van der Waals surface area contributed by atoms with Gasteiger partial charge in [0, 0.05) is 62.1 Å². The molecule has 31 heavy (non-hydrogen) atoms. The molecule has 4 unspecified atom stereocenters.